The van der Waals surface area contributed by atoms with E-state index in [0.29, 0.717) is 28.5 Å². The summed E-state index contributed by atoms with van der Waals surface area (Å²) >= 11 is 5.95. The Morgan fingerprint density at radius 3 is 2.67 bits per heavy atom. The molecule has 30 heavy (non-hydrogen) atoms. The van der Waals surface area contributed by atoms with Crippen LogP contribution in [0.25, 0.3) is 11.0 Å². The summed E-state index contributed by atoms with van der Waals surface area (Å²) in [7, 11) is 0. The molecule has 1 amide bonds. The summed E-state index contributed by atoms with van der Waals surface area (Å²) in [6.45, 7) is 6.44. The van der Waals surface area contributed by atoms with Crippen molar-refractivity contribution in [1.29, 1.82) is 0 Å². The van der Waals surface area contributed by atoms with Crippen LogP contribution in [0.4, 0.5) is 0 Å². The molecular formula is C23H25ClN2O4. The van der Waals surface area contributed by atoms with Crippen molar-refractivity contribution in [2.75, 3.05) is 19.6 Å². The zero-order valence-corrected chi connectivity index (χ0v) is 17.9. The summed E-state index contributed by atoms with van der Waals surface area (Å²) in [5.41, 5.74) is 0.0346. The van der Waals surface area contributed by atoms with Gasteiger partial charge in [0.1, 0.15) is 17.1 Å². The molecule has 1 atom stereocenters. The Labute approximate surface area is 179 Å². The van der Waals surface area contributed by atoms with Crippen LogP contribution in [0.1, 0.15) is 47.9 Å². The molecule has 0 saturated carbocycles. The molecule has 7 heteroatoms. The maximum absolute atomic E-state index is 12.8. The fourth-order valence-electron chi connectivity index (χ4n) is 3.90. The highest BCUT2D eigenvalue weighted by Crippen LogP contribution is 2.28. The lowest BCUT2D eigenvalue weighted by Gasteiger charge is -2.35. The lowest BCUT2D eigenvalue weighted by molar-refractivity contribution is 0.0870. The summed E-state index contributed by atoms with van der Waals surface area (Å²) in [4.78, 5) is 27.5. The third-order valence-electron chi connectivity index (χ3n) is 5.72. The van der Waals surface area contributed by atoms with Crippen LogP contribution in [0, 0.1) is 12.8 Å². The van der Waals surface area contributed by atoms with Crippen molar-refractivity contribution >= 4 is 28.5 Å². The Kier molecular flexibility index (Phi) is 5.97. The van der Waals surface area contributed by atoms with Gasteiger partial charge in [0.15, 0.2) is 11.2 Å². The van der Waals surface area contributed by atoms with E-state index in [1.165, 1.54) is 12.1 Å². The van der Waals surface area contributed by atoms with E-state index in [4.69, 9.17) is 20.4 Å². The highest BCUT2D eigenvalue weighted by molar-refractivity contribution is 6.31. The largest absolute Gasteiger partial charge is 0.465 e. The summed E-state index contributed by atoms with van der Waals surface area (Å²) in [5.74, 6) is 1.93. The highest BCUT2D eigenvalue weighted by Gasteiger charge is 2.27. The van der Waals surface area contributed by atoms with Crippen molar-refractivity contribution < 1.29 is 13.6 Å². The zero-order chi connectivity index (χ0) is 21.3. The highest BCUT2D eigenvalue weighted by atomic mass is 35.5. The van der Waals surface area contributed by atoms with Crippen LogP contribution in [0.5, 0.6) is 0 Å². The first-order chi connectivity index (χ1) is 14.4. The van der Waals surface area contributed by atoms with Crippen LogP contribution in [-0.2, 0) is 0 Å². The SMILES string of the molecule is Cc1ccc([C@H](CNC(=O)c2cc(=O)c3cc(Cl)ccc3o2)N2CCC(C)CC2)o1. The smallest absolute Gasteiger partial charge is 0.287 e. The Bertz CT molecular complexity index is 1110. The molecule has 6 nitrogen and oxygen atoms in total. The molecule has 1 aliphatic heterocycles. The van der Waals surface area contributed by atoms with Gasteiger partial charge in [-0.2, -0.15) is 0 Å². The number of carbonyl (C=O) groups excluding carboxylic acids is 1. The van der Waals surface area contributed by atoms with Gasteiger partial charge in [0.25, 0.3) is 5.91 Å². The van der Waals surface area contributed by atoms with Crippen LogP contribution in [-0.4, -0.2) is 30.4 Å². The third-order valence-corrected chi connectivity index (χ3v) is 5.95. The number of aryl methyl sites for hydroxylation is 1. The van der Waals surface area contributed by atoms with Crippen LogP contribution in [0.15, 0.2) is 50.0 Å². The van der Waals surface area contributed by atoms with Crippen molar-refractivity contribution in [3.8, 4) is 0 Å². The zero-order valence-electron chi connectivity index (χ0n) is 17.1. The average Bonchev–Trinajstić information content (AvgIpc) is 3.15. The van der Waals surface area contributed by atoms with Gasteiger partial charge in [-0.3, -0.25) is 14.5 Å². The van der Waals surface area contributed by atoms with E-state index in [1.54, 1.807) is 12.1 Å². The van der Waals surface area contributed by atoms with Crippen LogP contribution < -0.4 is 10.7 Å². The number of likely N-dealkylation sites (tertiary alicyclic amines) is 1. The molecule has 3 aromatic rings. The molecule has 0 aliphatic carbocycles. The second-order valence-electron chi connectivity index (χ2n) is 8.01. The molecule has 1 aliphatic rings. The summed E-state index contributed by atoms with van der Waals surface area (Å²) < 4.78 is 11.5. The molecule has 2 aromatic heterocycles. The van der Waals surface area contributed by atoms with E-state index in [0.717, 1.165) is 37.5 Å². The Hall–Kier alpha value is -2.57. The number of benzene rings is 1. The monoisotopic (exact) mass is 428 g/mol. The Morgan fingerprint density at radius 2 is 1.97 bits per heavy atom. The molecule has 0 unspecified atom stereocenters. The number of carbonyl (C=O) groups is 1. The third kappa shape index (κ3) is 4.45. The minimum atomic E-state index is -0.428. The fraction of sp³-hybridized carbons (Fsp3) is 0.391. The predicted octanol–water partition coefficient (Wildman–Crippen LogP) is 4.55. The number of halogens is 1. The van der Waals surface area contributed by atoms with Crippen LogP contribution in [0.2, 0.25) is 5.02 Å². The van der Waals surface area contributed by atoms with Crippen LogP contribution >= 0.6 is 11.6 Å². The first-order valence-corrected chi connectivity index (χ1v) is 10.6. The fourth-order valence-corrected chi connectivity index (χ4v) is 4.07. The van der Waals surface area contributed by atoms with Crippen molar-refractivity contribution in [1.82, 2.24) is 10.2 Å². The number of nitrogens with zero attached hydrogens (tertiary/aromatic N) is 1. The van der Waals surface area contributed by atoms with Gasteiger partial charge in [0.05, 0.1) is 11.4 Å². The minimum Gasteiger partial charge on any atom is -0.465 e. The normalized spacial score (nSPS) is 16.6. The molecule has 1 N–H and O–H groups in total. The number of hydrogen-bond acceptors (Lipinski definition) is 5. The van der Waals surface area contributed by atoms with Gasteiger partial charge in [-0.1, -0.05) is 18.5 Å². The number of amides is 1. The molecule has 1 fully saturated rings. The number of fused-ring (bicyclic) bond motifs is 1. The molecule has 4 rings (SSSR count). The van der Waals surface area contributed by atoms with Gasteiger partial charge in [0.2, 0.25) is 0 Å². The second-order valence-corrected chi connectivity index (χ2v) is 8.44. The predicted molar refractivity (Wildman–Crippen MR) is 116 cm³/mol. The lowest BCUT2D eigenvalue weighted by Crippen LogP contribution is -2.41. The molecule has 3 heterocycles. The number of rotatable bonds is 5. The van der Waals surface area contributed by atoms with Gasteiger partial charge >= 0.3 is 0 Å². The standard InChI is InChI=1S/C23H25ClN2O4/c1-14-7-9-26(10-8-14)18(21-5-3-15(2)29-21)13-25-23(28)22-12-19(27)17-11-16(24)4-6-20(17)30-22/h3-6,11-12,14,18H,7-10,13H2,1-2H3,(H,25,28)/t18-/m0/s1. The quantitative estimate of drug-likeness (QED) is 0.645. The van der Waals surface area contributed by atoms with Gasteiger partial charge in [0, 0.05) is 17.6 Å². The Balaban J connectivity index is 1.53. The van der Waals surface area contributed by atoms with Gasteiger partial charge < -0.3 is 14.2 Å². The summed E-state index contributed by atoms with van der Waals surface area (Å²) in [5, 5.41) is 3.72. The second kappa shape index (κ2) is 8.66. The van der Waals surface area contributed by atoms with Gasteiger partial charge in [-0.25, -0.2) is 0 Å². The summed E-state index contributed by atoms with van der Waals surface area (Å²) in [6.07, 6.45) is 2.23. The van der Waals surface area contributed by atoms with Crippen molar-refractivity contribution in [3.63, 3.8) is 0 Å². The number of nitrogens with one attached hydrogen (secondary N) is 1. The lowest BCUT2D eigenvalue weighted by atomic mass is 9.97. The van der Waals surface area contributed by atoms with E-state index in [9.17, 15) is 9.59 Å². The molecule has 0 bridgehead atoms. The molecule has 1 aromatic carbocycles. The topological polar surface area (TPSA) is 75.7 Å². The maximum atomic E-state index is 12.8. The van der Waals surface area contributed by atoms with E-state index >= 15 is 0 Å². The maximum Gasteiger partial charge on any atom is 0.287 e. The van der Waals surface area contributed by atoms with Gasteiger partial charge in [-0.15, -0.1) is 0 Å². The molecule has 158 valence electrons. The van der Waals surface area contributed by atoms with Gasteiger partial charge in [-0.05, 0) is 69.1 Å². The average molecular weight is 429 g/mol. The van der Waals surface area contributed by atoms with E-state index < -0.39 is 5.91 Å². The van der Waals surface area contributed by atoms with Crippen molar-refractivity contribution in [2.45, 2.75) is 32.7 Å². The first-order valence-electron chi connectivity index (χ1n) is 10.2. The van der Waals surface area contributed by atoms with E-state index in [1.807, 2.05) is 19.1 Å². The van der Waals surface area contributed by atoms with Crippen molar-refractivity contribution in [2.24, 2.45) is 5.92 Å². The number of hydrogen-bond donors (Lipinski definition) is 1. The molecule has 1 saturated heterocycles. The molecule has 0 spiro atoms. The minimum absolute atomic E-state index is 0.0172. The van der Waals surface area contributed by atoms with E-state index in [-0.39, 0.29) is 17.2 Å². The van der Waals surface area contributed by atoms with E-state index in [2.05, 4.69) is 17.1 Å². The van der Waals surface area contributed by atoms with Crippen molar-refractivity contribution in [3.05, 3.63) is 68.9 Å². The number of piperidine rings is 1. The molecular weight excluding hydrogens is 404 g/mol. The first kappa shape index (κ1) is 20.7. The molecule has 0 radical (unpaired) electrons. The summed E-state index contributed by atoms with van der Waals surface area (Å²) in [6, 6.07) is 9.80. The number of furan rings is 1. The Morgan fingerprint density at radius 1 is 1.20 bits per heavy atom. The van der Waals surface area contributed by atoms with Crippen LogP contribution in [0.3, 0.4) is 0 Å².